The van der Waals surface area contributed by atoms with Gasteiger partial charge < -0.3 is 29.6 Å². The molecule has 1 aromatic carbocycles. The molecule has 0 saturated carbocycles. The van der Waals surface area contributed by atoms with E-state index < -0.39 is 41.0 Å². The molecule has 0 radical (unpaired) electrons. The number of aliphatic carboxylic acids is 1. The van der Waals surface area contributed by atoms with Crippen LogP contribution < -0.4 is 9.80 Å². The van der Waals surface area contributed by atoms with Crippen LogP contribution in [0, 0.1) is 11.8 Å². The zero-order chi connectivity index (χ0) is 25.5. The smallest absolute Gasteiger partial charge is 0.310 e. The summed E-state index contributed by atoms with van der Waals surface area (Å²) >= 11 is 0. The van der Waals surface area contributed by atoms with Crippen LogP contribution in [-0.4, -0.2) is 82.9 Å². The fraction of sp³-hybridized carbons (Fsp3) is 0.577. The number of fused-ring (bicyclic) bond motifs is 1. The maximum absolute atomic E-state index is 14.2. The second-order valence-electron chi connectivity index (χ2n) is 9.75. The van der Waals surface area contributed by atoms with Gasteiger partial charge >= 0.3 is 5.97 Å². The fourth-order valence-corrected chi connectivity index (χ4v) is 6.46. The molecule has 2 bridgehead atoms. The molecule has 3 aliphatic rings. The average Bonchev–Trinajstić information content (AvgIpc) is 3.40. The molecule has 35 heavy (non-hydrogen) atoms. The Kier molecular flexibility index (Phi) is 6.68. The van der Waals surface area contributed by atoms with Crippen LogP contribution in [0.2, 0.25) is 0 Å². The number of aliphatic hydroxyl groups is 1. The third-order valence-electron chi connectivity index (χ3n) is 7.99. The Morgan fingerprint density at radius 3 is 2.37 bits per heavy atom. The number of aliphatic hydroxyl groups excluding tert-OH is 1. The molecule has 2 unspecified atom stereocenters. The minimum atomic E-state index is -1.23. The summed E-state index contributed by atoms with van der Waals surface area (Å²) in [6.07, 6.45) is 2.47. The first-order valence-corrected chi connectivity index (χ1v) is 12.3. The minimum Gasteiger partial charge on any atom is -0.481 e. The molecule has 3 fully saturated rings. The lowest BCUT2D eigenvalue weighted by molar-refractivity contribution is -0.154. The Hall–Kier alpha value is -2.91. The van der Waals surface area contributed by atoms with Crippen molar-refractivity contribution in [3.8, 4) is 0 Å². The van der Waals surface area contributed by atoms with Gasteiger partial charge in [0.15, 0.2) is 0 Å². The van der Waals surface area contributed by atoms with E-state index in [2.05, 4.69) is 25.3 Å². The zero-order valence-corrected chi connectivity index (χ0v) is 20.6. The lowest BCUT2D eigenvalue weighted by atomic mass is 9.66. The monoisotopic (exact) mass is 485 g/mol. The highest BCUT2D eigenvalue weighted by Gasteiger charge is 2.78. The van der Waals surface area contributed by atoms with Crippen LogP contribution in [0.15, 0.2) is 36.9 Å². The number of carboxylic acids is 1. The van der Waals surface area contributed by atoms with E-state index in [9.17, 15) is 24.6 Å². The second kappa shape index (κ2) is 9.28. The van der Waals surface area contributed by atoms with E-state index >= 15 is 0 Å². The van der Waals surface area contributed by atoms with Gasteiger partial charge in [0.2, 0.25) is 5.91 Å². The van der Waals surface area contributed by atoms with Crippen molar-refractivity contribution in [1.82, 2.24) is 4.90 Å². The number of hydrogen-bond acceptors (Lipinski definition) is 6. The number of carbonyl (C=O) groups is 3. The van der Waals surface area contributed by atoms with Crippen molar-refractivity contribution in [2.45, 2.75) is 50.9 Å². The van der Waals surface area contributed by atoms with Crippen LogP contribution in [0.25, 0.3) is 0 Å². The lowest BCUT2D eigenvalue weighted by Gasteiger charge is -2.36. The largest absolute Gasteiger partial charge is 0.481 e. The minimum absolute atomic E-state index is 0.0667. The van der Waals surface area contributed by atoms with Crippen molar-refractivity contribution in [1.29, 1.82) is 0 Å². The van der Waals surface area contributed by atoms with E-state index in [1.54, 1.807) is 17.9 Å². The fourth-order valence-electron chi connectivity index (χ4n) is 6.46. The predicted octanol–water partition coefficient (Wildman–Crippen LogP) is 1.89. The zero-order valence-electron chi connectivity index (χ0n) is 20.6. The van der Waals surface area contributed by atoms with Crippen LogP contribution in [0.1, 0.15) is 33.6 Å². The third kappa shape index (κ3) is 3.72. The number of likely N-dealkylation sites (tertiary alicyclic amines) is 1. The van der Waals surface area contributed by atoms with Gasteiger partial charge in [-0.3, -0.25) is 14.4 Å². The second-order valence-corrected chi connectivity index (χ2v) is 9.75. The summed E-state index contributed by atoms with van der Waals surface area (Å²) in [7, 11) is 0. The summed E-state index contributed by atoms with van der Waals surface area (Å²) in [4.78, 5) is 45.0. The molecule has 0 aromatic heterocycles. The molecule has 5 atom stereocenters. The first-order chi connectivity index (χ1) is 16.7. The standard InChI is InChI=1S/C26H35N3O6/c1-5-14-28(18-10-8-17(9-11-18)27(6-2)7-3)23(32)21-26-13-12-25(4,35-26)20(24(33)34)19(26)22(31)29(21)15-16-30/h5,8-11,19-21,30H,1,6-7,12-16H2,2-4H3,(H,33,34)/t19-,20-,21?,25+,26?/m0/s1. The number of anilines is 2. The molecular weight excluding hydrogens is 450 g/mol. The number of rotatable bonds is 10. The van der Waals surface area contributed by atoms with Gasteiger partial charge in [0.1, 0.15) is 11.6 Å². The number of ether oxygens (including phenoxy) is 1. The third-order valence-corrected chi connectivity index (χ3v) is 7.99. The van der Waals surface area contributed by atoms with Crippen molar-refractivity contribution in [3.63, 3.8) is 0 Å². The van der Waals surface area contributed by atoms with Crippen LogP contribution in [-0.2, 0) is 19.1 Å². The van der Waals surface area contributed by atoms with Crippen molar-refractivity contribution in [3.05, 3.63) is 36.9 Å². The number of β-amino-alcohol motifs (C(OH)–C–C–N with tert-alkyl or cyclic N) is 1. The van der Waals surface area contributed by atoms with Crippen LogP contribution in [0.4, 0.5) is 11.4 Å². The van der Waals surface area contributed by atoms with Crippen LogP contribution in [0.5, 0.6) is 0 Å². The number of benzene rings is 1. The highest BCUT2D eigenvalue weighted by atomic mass is 16.5. The molecule has 3 heterocycles. The quantitative estimate of drug-likeness (QED) is 0.487. The Morgan fingerprint density at radius 1 is 1.20 bits per heavy atom. The molecule has 2 amide bonds. The Labute approximate surface area is 205 Å². The Balaban J connectivity index is 1.74. The summed E-state index contributed by atoms with van der Waals surface area (Å²) < 4.78 is 6.36. The highest BCUT2D eigenvalue weighted by Crippen LogP contribution is 2.63. The van der Waals surface area contributed by atoms with Gasteiger partial charge in [-0.15, -0.1) is 6.58 Å². The van der Waals surface area contributed by atoms with Gasteiger partial charge in [0.25, 0.3) is 5.91 Å². The summed E-state index contributed by atoms with van der Waals surface area (Å²) in [5.74, 6) is -3.90. The maximum atomic E-state index is 14.2. The number of carbonyl (C=O) groups excluding carboxylic acids is 2. The highest BCUT2D eigenvalue weighted by molar-refractivity contribution is 6.04. The van der Waals surface area contributed by atoms with Crippen molar-refractivity contribution in [2.75, 3.05) is 42.6 Å². The first kappa shape index (κ1) is 25.2. The van der Waals surface area contributed by atoms with E-state index in [0.717, 1.165) is 18.8 Å². The SMILES string of the molecule is C=CCN(C(=O)C1N(CCO)C(=O)[C@@H]2[C@@H](C(=O)O)[C@@]3(C)CCC12O3)c1ccc(N(CC)CC)cc1. The van der Waals surface area contributed by atoms with E-state index in [4.69, 9.17) is 4.74 Å². The number of carboxylic acid groups (broad SMARTS) is 1. The van der Waals surface area contributed by atoms with Crippen molar-refractivity contribution >= 4 is 29.2 Å². The predicted molar refractivity (Wildman–Crippen MR) is 131 cm³/mol. The molecule has 3 aliphatic heterocycles. The van der Waals surface area contributed by atoms with E-state index in [1.165, 1.54) is 4.90 Å². The number of nitrogens with zero attached hydrogens (tertiary/aromatic N) is 3. The summed E-state index contributed by atoms with van der Waals surface area (Å²) in [6.45, 7) is 11.2. The molecule has 1 aromatic rings. The molecular formula is C26H35N3O6. The van der Waals surface area contributed by atoms with Crippen LogP contribution in [0.3, 0.4) is 0 Å². The molecule has 3 saturated heterocycles. The molecule has 190 valence electrons. The topological polar surface area (TPSA) is 111 Å². The van der Waals surface area contributed by atoms with E-state index in [1.807, 2.05) is 24.3 Å². The average molecular weight is 486 g/mol. The van der Waals surface area contributed by atoms with Gasteiger partial charge in [0, 0.05) is 37.6 Å². The van der Waals surface area contributed by atoms with E-state index in [-0.39, 0.29) is 25.6 Å². The van der Waals surface area contributed by atoms with Crippen molar-refractivity contribution < 1.29 is 29.3 Å². The molecule has 1 spiro atoms. The Morgan fingerprint density at radius 2 is 1.83 bits per heavy atom. The van der Waals surface area contributed by atoms with Crippen molar-refractivity contribution in [2.24, 2.45) is 11.8 Å². The summed E-state index contributed by atoms with van der Waals surface area (Å²) in [5, 5.41) is 19.7. The normalized spacial score (nSPS) is 30.9. The first-order valence-electron chi connectivity index (χ1n) is 12.3. The Bertz CT molecular complexity index is 1010. The summed E-state index contributed by atoms with van der Waals surface area (Å²) in [5.41, 5.74) is -0.557. The number of hydrogen-bond donors (Lipinski definition) is 2. The molecule has 9 nitrogen and oxygen atoms in total. The molecule has 9 heteroatoms. The maximum Gasteiger partial charge on any atom is 0.310 e. The van der Waals surface area contributed by atoms with Gasteiger partial charge in [-0.05, 0) is 57.9 Å². The van der Waals surface area contributed by atoms with Crippen LogP contribution >= 0.6 is 0 Å². The molecule has 4 rings (SSSR count). The number of amides is 2. The molecule has 2 N–H and O–H groups in total. The van der Waals surface area contributed by atoms with Gasteiger partial charge in [-0.1, -0.05) is 6.08 Å². The lowest BCUT2D eigenvalue weighted by Crippen LogP contribution is -2.56. The van der Waals surface area contributed by atoms with Gasteiger partial charge in [0.05, 0.1) is 24.0 Å². The summed E-state index contributed by atoms with van der Waals surface area (Å²) in [6, 6.07) is 6.62. The molecule has 0 aliphatic carbocycles. The van der Waals surface area contributed by atoms with Gasteiger partial charge in [-0.25, -0.2) is 0 Å². The van der Waals surface area contributed by atoms with E-state index in [0.29, 0.717) is 18.5 Å². The van der Waals surface area contributed by atoms with Gasteiger partial charge in [-0.2, -0.15) is 0 Å².